The van der Waals surface area contributed by atoms with Crippen molar-refractivity contribution in [3.63, 3.8) is 0 Å². The molecule has 1 aromatic heterocycles. The summed E-state index contributed by atoms with van der Waals surface area (Å²) in [4.78, 5) is 4.05. The van der Waals surface area contributed by atoms with Gasteiger partial charge in [-0.25, -0.2) is 0 Å². The highest BCUT2D eigenvalue weighted by Crippen LogP contribution is 2.33. The van der Waals surface area contributed by atoms with E-state index in [9.17, 15) is 8.78 Å². The van der Waals surface area contributed by atoms with Crippen LogP contribution in [-0.4, -0.2) is 11.6 Å². The molecule has 2 nitrogen and oxygen atoms in total. The van der Waals surface area contributed by atoms with Gasteiger partial charge in [-0.2, -0.15) is 8.78 Å². The molecule has 94 valence electrons. The second kappa shape index (κ2) is 5.50. The average molecular weight is 290 g/mol. The highest BCUT2D eigenvalue weighted by molar-refractivity contribution is 6.43. The van der Waals surface area contributed by atoms with Gasteiger partial charge in [0.05, 0.1) is 15.7 Å². The topological polar surface area (TPSA) is 22.1 Å². The molecule has 0 amide bonds. The van der Waals surface area contributed by atoms with Gasteiger partial charge in [0.25, 0.3) is 0 Å². The lowest BCUT2D eigenvalue weighted by molar-refractivity contribution is -0.0498. The van der Waals surface area contributed by atoms with E-state index in [0.717, 1.165) is 0 Å². The first-order chi connectivity index (χ1) is 8.58. The van der Waals surface area contributed by atoms with E-state index in [2.05, 4.69) is 9.72 Å². The summed E-state index contributed by atoms with van der Waals surface area (Å²) >= 11 is 11.9. The van der Waals surface area contributed by atoms with Gasteiger partial charge in [0.1, 0.15) is 5.75 Å². The maximum atomic E-state index is 12.1. The van der Waals surface area contributed by atoms with E-state index in [1.165, 1.54) is 18.3 Å². The van der Waals surface area contributed by atoms with Crippen LogP contribution >= 0.6 is 23.2 Å². The predicted molar refractivity (Wildman–Crippen MR) is 66.3 cm³/mol. The SMILES string of the molecule is FC(F)Oc1ccnc(-c2cccc(Cl)c2Cl)c1. The minimum absolute atomic E-state index is 0.0195. The molecule has 0 radical (unpaired) electrons. The van der Waals surface area contributed by atoms with E-state index >= 15 is 0 Å². The summed E-state index contributed by atoms with van der Waals surface area (Å²) in [6.07, 6.45) is 1.37. The summed E-state index contributed by atoms with van der Waals surface area (Å²) in [7, 11) is 0. The van der Waals surface area contributed by atoms with Crippen molar-refractivity contribution in [2.24, 2.45) is 0 Å². The molecule has 0 aliphatic carbocycles. The smallest absolute Gasteiger partial charge is 0.387 e. The molecule has 0 N–H and O–H groups in total. The Labute approximate surface area is 112 Å². The van der Waals surface area contributed by atoms with Gasteiger partial charge in [-0.05, 0) is 12.1 Å². The molecule has 1 aromatic carbocycles. The van der Waals surface area contributed by atoms with Gasteiger partial charge in [-0.3, -0.25) is 4.98 Å². The fraction of sp³-hybridized carbons (Fsp3) is 0.0833. The Bertz CT molecular complexity index is 564. The Kier molecular flexibility index (Phi) is 3.99. The van der Waals surface area contributed by atoms with Crippen molar-refractivity contribution in [1.29, 1.82) is 0 Å². The first-order valence-electron chi connectivity index (χ1n) is 4.93. The number of alkyl halides is 2. The van der Waals surface area contributed by atoms with Gasteiger partial charge in [-0.1, -0.05) is 35.3 Å². The van der Waals surface area contributed by atoms with Crippen molar-refractivity contribution in [3.8, 4) is 17.0 Å². The Morgan fingerprint density at radius 2 is 1.94 bits per heavy atom. The third-order valence-electron chi connectivity index (χ3n) is 2.18. The maximum absolute atomic E-state index is 12.1. The Morgan fingerprint density at radius 3 is 2.67 bits per heavy atom. The van der Waals surface area contributed by atoms with E-state index < -0.39 is 6.61 Å². The first-order valence-corrected chi connectivity index (χ1v) is 5.69. The third-order valence-corrected chi connectivity index (χ3v) is 3.00. The van der Waals surface area contributed by atoms with Crippen LogP contribution in [0.4, 0.5) is 8.78 Å². The molecule has 0 saturated heterocycles. The summed E-state index contributed by atoms with van der Waals surface area (Å²) in [5, 5.41) is 0.692. The highest BCUT2D eigenvalue weighted by Gasteiger charge is 2.10. The van der Waals surface area contributed by atoms with Crippen LogP contribution in [0.1, 0.15) is 0 Å². The van der Waals surface area contributed by atoms with Gasteiger partial charge in [0.15, 0.2) is 0 Å². The predicted octanol–water partition coefficient (Wildman–Crippen LogP) is 4.66. The van der Waals surface area contributed by atoms with Crippen LogP contribution in [0.15, 0.2) is 36.5 Å². The number of aromatic nitrogens is 1. The Balaban J connectivity index is 2.41. The molecule has 0 saturated carbocycles. The molecule has 0 bridgehead atoms. The zero-order valence-corrected chi connectivity index (χ0v) is 10.4. The average Bonchev–Trinajstić information content (AvgIpc) is 2.32. The summed E-state index contributed by atoms with van der Waals surface area (Å²) < 4.78 is 28.5. The third kappa shape index (κ3) is 2.89. The van der Waals surface area contributed by atoms with Gasteiger partial charge in [0, 0.05) is 17.8 Å². The molecule has 6 heteroatoms. The van der Waals surface area contributed by atoms with Crippen molar-refractivity contribution >= 4 is 23.2 Å². The van der Waals surface area contributed by atoms with Crippen LogP contribution in [0.3, 0.4) is 0 Å². The molecular formula is C12H7Cl2F2NO. The summed E-state index contributed by atoms with van der Waals surface area (Å²) in [6, 6.07) is 7.75. The molecule has 0 unspecified atom stereocenters. The lowest BCUT2D eigenvalue weighted by Crippen LogP contribution is -2.02. The Morgan fingerprint density at radius 1 is 1.17 bits per heavy atom. The molecule has 1 heterocycles. The number of hydrogen-bond acceptors (Lipinski definition) is 2. The number of pyridine rings is 1. The van der Waals surface area contributed by atoms with E-state index in [1.807, 2.05) is 0 Å². The van der Waals surface area contributed by atoms with Gasteiger partial charge >= 0.3 is 6.61 Å². The number of rotatable bonds is 3. The van der Waals surface area contributed by atoms with E-state index in [-0.39, 0.29) is 5.75 Å². The largest absolute Gasteiger partial charge is 0.435 e. The second-order valence-electron chi connectivity index (χ2n) is 3.36. The molecule has 18 heavy (non-hydrogen) atoms. The van der Waals surface area contributed by atoms with Gasteiger partial charge in [0.2, 0.25) is 0 Å². The van der Waals surface area contributed by atoms with E-state index in [1.54, 1.807) is 18.2 Å². The molecule has 0 aliphatic heterocycles. The van der Waals surface area contributed by atoms with E-state index in [0.29, 0.717) is 21.3 Å². The molecule has 0 atom stereocenters. The van der Waals surface area contributed by atoms with Gasteiger partial charge < -0.3 is 4.74 Å². The number of halogens is 4. The van der Waals surface area contributed by atoms with Crippen LogP contribution in [0, 0.1) is 0 Å². The number of ether oxygens (including phenoxy) is 1. The van der Waals surface area contributed by atoms with Crippen LogP contribution < -0.4 is 4.74 Å². The number of hydrogen-bond donors (Lipinski definition) is 0. The standard InChI is InChI=1S/C12H7Cl2F2NO/c13-9-3-1-2-8(11(9)14)10-6-7(4-5-17-10)18-12(15)16/h1-6,12H. The second-order valence-corrected chi connectivity index (χ2v) is 4.14. The van der Waals surface area contributed by atoms with Crippen LogP contribution in [0.2, 0.25) is 10.0 Å². The zero-order chi connectivity index (χ0) is 13.1. The quantitative estimate of drug-likeness (QED) is 0.820. The highest BCUT2D eigenvalue weighted by atomic mass is 35.5. The Hall–Kier alpha value is -1.39. The molecule has 0 aliphatic rings. The van der Waals surface area contributed by atoms with Crippen LogP contribution in [-0.2, 0) is 0 Å². The minimum atomic E-state index is -2.88. The van der Waals surface area contributed by atoms with Crippen molar-refractivity contribution in [2.45, 2.75) is 6.61 Å². The number of nitrogens with zero attached hydrogens (tertiary/aromatic N) is 1. The monoisotopic (exact) mass is 289 g/mol. The van der Waals surface area contributed by atoms with Gasteiger partial charge in [-0.15, -0.1) is 0 Å². The zero-order valence-electron chi connectivity index (χ0n) is 8.91. The molecule has 0 spiro atoms. The fourth-order valence-corrected chi connectivity index (χ4v) is 1.83. The maximum Gasteiger partial charge on any atom is 0.387 e. The lowest BCUT2D eigenvalue weighted by atomic mass is 10.1. The lowest BCUT2D eigenvalue weighted by Gasteiger charge is -2.08. The molecular weight excluding hydrogens is 283 g/mol. The summed E-state index contributed by atoms with van der Waals surface area (Å²) in [5.41, 5.74) is 0.976. The van der Waals surface area contributed by atoms with Crippen LogP contribution in [0.5, 0.6) is 5.75 Å². The minimum Gasteiger partial charge on any atom is -0.435 e. The van der Waals surface area contributed by atoms with Crippen LogP contribution in [0.25, 0.3) is 11.3 Å². The van der Waals surface area contributed by atoms with Crippen molar-refractivity contribution in [3.05, 3.63) is 46.6 Å². The van der Waals surface area contributed by atoms with Crippen molar-refractivity contribution in [2.75, 3.05) is 0 Å². The number of benzene rings is 1. The van der Waals surface area contributed by atoms with E-state index in [4.69, 9.17) is 23.2 Å². The molecule has 0 fully saturated rings. The summed E-state index contributed by atoms with van der Waals surface area (Å²) in [5.74, 6) is 0.0195. The summed E-state index contributed by atoms with van der Waals surface area (Å²) in [6.45, 7) is -2.88. The molecule has 2 aromatic rings. The van der Waals surface area contributed by atoms with Crippen molar-refractivity contribution < 1.29 is 13.5 Å². The normalized spacial score (nSPS) is 10.7. The molecule has 2 rings (SSSR count). The fourth-order valence-electron chi connectivity index (χ4n) is 1.44. The van der Waals surface area contributed by atoms with Crippen molar-refractivity contribution in [1.82, 2.24) is 4.98 Å². The first kappa shape index (κ1) is 13.1.